The summed E-state index contributed by atoms with van der Waals surface area (Å²) in [5, 5.41) is 2.97. The molecular formula is C23H30N2O5S2. The van der Waals surface area contributed by atoms with Gasteiger partial charge in [-0.2, -0.15) is 0 Å². The fourth-order valence-corrected chi connectivity index (χ4v) is 6.10. The molecule has 32 heavy (non-hydrogen) atoms. The summed E-state index contributed by atoms with van der Waals surface area (Å²) >= 11 is 0. The molecule has 1 unspecified atom stereocenters. The van der Waals surface area contributed by atoms with E-state index < -0.39 is 19.9 Å². The van der Waals surface area contributed by atoms with E-state index in [1.165, 1.54) is 16.4 Å². The quantitative estimate of drug-likeness (QED) is 0.660. The molecular weight excluding hydrogens is 448 g/mol. The highest BCUT2D eigenvalue weighted by molar-refractivity contribution is 7.90. The van der Waals surface area contributed by atoms with Crippen molar-refractivity contribution in [3.8, 4) is 0 Å². The van der Waals surface area contributed by atoms with Crippen LogP contribution in [0, 0.1) is 12.8 Å². The zero-order valence-corrected chi connectivity index (χ0v) is 20.2. The molecule has 0 radical (unpaired) electrons. The summed E-state index contributed by atoms with van der Waals surface area (Å²) in [5.74, 6) is -0.398. The first-order valence-corrected chi connectivity index (χ1v) is 14.1. The maximum absolute atomic E-state index is 12.8. The smallest absolute Gasteiger partial charge is 0.223 e. The average Bonchev–Trinajstić information content (AvgIpc) is 2.73. The lowest BCUT2D eigenvalue weighted by Crippen LogP contribution is -2.43. The topological polar surface area (TPSA) is 101 Å². The van der Waals surface area contributed by atoms with Gasteiger partial charge in [0.15, 0.2) is 9.84 Å². The Morgan fingerprint density at radius 2 is 1.69 bits per heavy atom. The van der Waals surface area contributed by atoms with E-state index in [1.54, 1.807) is 12.1 Å². The van der Waals surface area contributed by atoms with Gasteiger partial charge in [0, 0.05) is 25.3 Å². The summed E-state index contributed by atoms with van der Waals surface area (Å²) in [7, 11) is -6.70. The average molecular weight is 479 g/mol. The molecule has 9 heteroatoms. The predicted molar refractivity (Wildman–Crippen MR) is 124 cm³/mol. The maximum Gasteiger partial charge on any atom is 0.223 e. The Morgan fingerprint density at radius 1 is 1.06 bits per heavy atom. The highest BCUT2D eigenvalue weighted by Crippen LogP contribution is 2.24. The van der Waals surface area contributed by atoms with Gasteiger partial charge in [0.1, 0.15) is 0 Å². The Hall–Kier alpha value is -2.23. The molecule has 0 aromatic heterocycles. The van der Waals surface area contributed by atoms with Crippen molar-refractivity contribution in [2.45, 2.75) is 43.4 Å². The normalized spacial score (nSPS) is 17.1. The monoisotopic (exact) mass is 478 g/mol. The van der Waals surface area contributed by atoms with Gasteiger partial charge in [0.05, 0.1) is 16.7 Å². The molecule has 1 aliphatic heterocycles. The number of carbonyl (C=O) groups is 1. The third kappa shape index (κ3) is 6.17. The van der Waals surface area contributed by atoms with Crippen LogP contribution in [0.3, 0.4) is 0 Å². The number of amides is 1. The molecule has 0 saturated carbocycles. The van der Waals surface area contributed by atoms with Gasteiger partial charge in [-0.25, -0.2) is 21.1 Å². The summed E-state index contributed by atoms with van der Waals surface area (Å²) in [4.78, 5) is 13.0. The van der Waals surface area contributed by atoms with E-state index in [-0.39, 0.29) is 28.5 Å². The second kappa shape index (κ2) is 9.72. The largest absolute Gasteiger partial charge is 0.349 e. The number of sulfonamides is 1. The number of nitrogens with one attached hydrogen (secondary N) is 1. The first-order chi connectivity index (χ1) is 15.0. The third-order valence-corrected chi connectivity index (χ3v) is 8.80. The van der Waals surface area contributed by atoms with Crippen LogP contribution in [0.2, 0.25) is 0 Å². The van der Waals surface area contributed by atoms with Crippen molar-refractivity contribution in [2.75, 3.05) is 19.3 Å². The number of piperidine rings is 1. The molecule has 1 aliphatic rings. The van der Waals surface area contributed by atoms with E-state index in [2.05, 4.69) is 5.32 Å². The van der Waals surface area contributed by atoms with Gasteiger partial charge in [-0.05, 0) is 49.9 Å². The van der Waals surface area contributed by atoms with Crippen LogP contribution < -0.4 is 5.32 Å². The molecule has 2 aromatic carbocycles. The van der Waals surface area contributed by atoms with Crippen LogP contribution in [0.15, 0.2) is 53.4 Å². The first-order valence-electron chi connectivity index (χ1n) is 10.6. The standard InChI is InChI=1S/C23H30N2O5S2/c1-17-5-4-6-19(15-17)16-32(29,30)25-13-11-21(12-14-25)23(26)24-18(2)20-7-9-22(10-8-20)31(3,27)28/h4-10,15,18,21H,11-14,16H2,1-3H3,(H,24,26). The van der Waals surface area contributed by atoms with Crippen LogP contribution in [-0.4, -0.2) is 46.4 Å². The molecule has 0 spiro atoms. The van der Waals surface area contributed by atoms with Crippen molar-refractivity contribution in [3.05, 3.63) is 65.2 Å². The number of carbonyl (C=O) groups excluding carboxylic acids is 1. The molecule has 1 saturated heterocycles. The Kier molecular flexibility index (Phi) is 7.42. The number of nitrogens with zero attached hydrogens (tertiary/aromatic N) is 1. The molecule has 7 nitrogen and oxygen atoms in total. The molecule has 1 N–H and O–H groups in total. The lowest BCUT2D eigenvalue weighted by Gasteiger charge is -2.31. The summed E-state index contributed by atoms with van der Waals surface area (Å²) in [6, 6.07) is 13.7. The summed E-state index contributed by atoms with van der Waals surface area (Å²) in [6.07, 6.45) is 2.10. The van der Waals surface area contributed by atoms with Crippen LogP contribution in [0.1, 0.15) is 42.5 Å². The van der Waals surface area contributed by atoms with Crippen molar-refractivity contribution < 1.29 is 21.6 Å². The molecule has 0 bridgehead atoms. The Balaban J connectivity index is 1.54. The van der Waals surface area contributed by atoms with Crippen LogP contribution in [0.25, 0.3) is 0 Å². The second-order valence-electron chi connectivity index (χ2n) is 8.49. The van der Waals surface area contributed by atoms with Crippen molar-refractivity contribution in [2.24, 2.45) is 5.92 Å². The molecule has 1 amide bonds. The molecule has 0 aliphatic carbocycles. The van der Waals surface area contributed by atoms with Crippen molar-refractivity contribution in [1.82, 2.24) is 9.62 Å². The van der Waals surface area contributed by atoms with Gasteiger partial charge in [-0.3, -0.25) is 4.79 Å². The van der Waals surface area contributed by atoms with Gasteiger partial charge >= 0.3 is 0 Å². The molecule has 174 valence electrons. The SMILES string of the molecule is Cc1cccc(CS(=O)(=O)N2CCC(C(=O)NC(C)c3ccc(S(C)(=O)=O)cc3)CC2)c1. The number of benzene rings is 2. The van der Waals surface area contributed by atoms with Crippen LogP contribution in [0.4, 0.5) is 0 Å². The number of hydrogen-bond donors (Lipinski definition) is 1. The van der Waals surface area contributed by atoms with Crippen molar-refractivity contribution in [1.29, 1.82) is 0 Å². The molecule has 3 rings (SSSR count). The molecule has 2 aromatic rings. The highest BCUT2D eigenvalue weighted by atomic mass is 32.2. The summed E-state index contributed by atoms with van der Waals surface area (Å²) in [6.45, 7) is 4.42. The van der Waals surface area contributed by atoms with Gasteiger partial charge in [0.25, 0.3) is 0 Å². The zero-order valence-electron chi connectivity index (χ0n) is 18.6. The minimum atomic E-state index is -3.43. The number of rotatable bonds is 7. The molecule has 1 heterocycles. The van der Waals surface area contributed by atoms with E-state index in [9.17, 15) is 21.6 Å². The minimum Gasteiger partial charge on any atom is -0.349 e. The fourth-order valence-electron chi connectivity index (χ4n) is 3.92. The maximum atomic E-state index is 12.8. The third-order valence-electron chi connectivity index (χ3n) is 5.82. The Labute approximate surface area is 190 Å². The van der Waals surface area contributed by atoms with Crippen LogP contribution in [-0.2, 0) is 30.4 Å². The number of hydrogen-bond acceptors (Lipinski definition) is 5. The molecule has 1 atom stereocenters. The van der Waals surface area contributed by atoms with Crippen LogP contribution >= 0.6 is 0 Å². The number of sulfone groups is 1. The second-order valence-corrected chi connectivity index (χ2v) is 12.5. The van der Waals surface area contributed by atoms with E-state index >= 15 is 0 Å². The van der Waals surface area contributed by atoms with Crippen molar-refractivity contribution in [3.63, 3.8) is 0 Å². The van der Waals surface area contributed by atoms with Crippen molar-refractivity contribution >= 4 is 25.8 Å². The van der Waals surface area contributed by atoms with Gasteiger partial charge in [-0.1, -0.05) is 42.0 Å². The number of aryl methyl sites for hydroxylation is 1. The first kappa shape index (κ1) is 24.4. The van der Waals surface area contributed by atoms with Crippen LogP contribution in [0.5, 0.6) is 0 Å². The van der Waals surface area contributed by atoms with E-state index in [0.717, 1.165) is 22.9 Å². The van der Waals surface area contributed by atoms with Gasteiger partial charge in [0.2, 0.25) is 15.9 Å². The lowest BCUT2D eigenvalue weighted by atomic mass is 9.96. The zero-order chi connectivity index (χ0) is 23.5. The fraction of sp³-hybridized carbons (Fsp3) is 0.435. The summed E-state index contributed by atoms with van der Waals surface area (Å²) < 4.78 is 50.2. The lowest BCUT2D eigenvalue weighted by molar-refractivity contribution is -0.126. The predicted octanol–water partition coefficient (Wildman–Crippen LogP) is 2.82. The summed E-state index contributed by atoms with van der Waals surface area (Å²) in [5.41, 5.74) is 2.60. The van der Waals surface area contributed by atoms with Gasteiger partial charge in [-0.15, -0.1) is 0 Å². The van der Waals surface area contributed by atoms with E-state index in [4.69, 9.17) is 0 Å². The van der Waals surface area contributed by atoms with E-state index in [0.29, 0.717) is 25.9 Å². The van der Waals surface area contributed by atoms with Gasteiger partial charge < -0.3 is 5.32 Å². The van der Waals surface area contributed by atoms with E-state index in [1.807, 2.05) is 38.1 Å². The highest BCUT2D eigenvalue weighted by Gasteiger charge is 2.31. The Morgan fingerprint density at radius 3 is 2.25 bits per heavy atom. The Bertz CT molecular complexity index is 1170. The molecule has 1 fully saturated rings. The minimum absolute atomic E-state index is 0.0357.